The zero-order valence-corrected chi connectivity index (χ0v) is 11.6. The van der Waals surface area contributed by atoms with Gasteiger partial charge in [0.1, 0.15) is 0 Å². The Kier molecular flexibility index (Phi) is 2.96. The fourth-order valence-corrected chi connectivity index (χ4v) is 3.09. The average molecular weight is 343 g/mol. The molecule has 1 saturated heterocycles. The molecule has 1 aromatic heterocycles. The topological polar surface area (TPSA) is 41.0 Å². The van der Waals surface area contributed by atoms with Crippen LogP contribution in [0.4, 0.5) is 0 Å². The molecule has 1 fully saturated rings. The van der Waals surface area contributed by atoms with Gasteiger partial charge in [0, 0.05) is 42.0 Å². The molecule has 0 atom stereocenters. The maximum Gasteiger partial charge on any atom is 0.326 e. The molecule has 17 heavy (non-hydrogen) atoms. The van der Waals surface area contributed by atoms with Crippen LogP contribution in [0, 0.1) is 0 Å². The highest BCUT2D eigenvalue weighted by Crippen LogP contribution is 2.25. The van der Waals surface area contributed by atoms with Gasteiger partial charge in [0.2, 0.25) is 0 Å². The molecular weight excluding hydrogens is 329 g/mol. The molecule has 0 aliphatic carbocycles. The summed E-state index contributed by atoms with van der Waals surface area (Å²) in [6.45, 7) is 2.11. The number of benzene rings is 1. The van der Waals surface area contributed by atoms with E-state index in [1.54, 1.807) is 0 Å². The molecule has 0 radical (unpaired) electrons. The zero-order chi connectivity index (χ0) is 11.8. The van der Waals surface area contributed by atoms with E-state index in [1.165, 1.54) is 0 Å². The monoisotopic (exact) mass is 343 g/mol. The van der Waals surface area contributed by atoms with E-state index in [2.05, 4.69) is 31.0 Å². The Morgan fingerprint density at radius 1 is 1.24 bits per heavy atom. The first kappa shape index (κ1) is 11.3. The minimum Gasteiger partial charge on any atom is -0.306 e. The quantitative estimate of drug-likeness (QED) is 0.638. The fourth-order valence-electron chi connectivity index (χ4n) is 2.53. The minimum absolute atomic E-state index is 0.0260. The van der Waals surface area contributed by atoms with Crippen LogP contribution in [0.1, 0.15) is 18.9 Å². The summed E-state index contributed by atoms with van der Waals surface area (Å²) in [6.07, 6.45) is 2.09. The number of piperidine rings is 1. The lowest BCUT2D eigenvalue weighted by atomic mass is 10.1. The predicted octanol–water partition coefficient (Wildman–Crippen LogP) is 2.32. The van der Waals surface area contributed by atoms with Gasteiger partial charge in [-0.05, 0) is 25.0 Å². The van der Waals surface area contributed by atoms with Gasteiger partial charge in [0.15, 0.2) is 0 Å². The van der Waals surface area contributed by atoms with Crippen LogP contribution >= 0.6 is 22.9 Å². The van der Waals surface area contributed by atoms with Crippen LogP contribution < -0.4 is 5.69 Å². The number of imidazole rings is 1. The van der Waals surface area contributed by atoms with Crippen molar-refractivity contribution in [2.24, 2.45) is 0 Å². The lowest BCUT2D eigenvalue weighted by Crippen LogP contribution is -2.32. The number of nitrogens with one attached hydrogen (secondary N) is 1. The highest BCUT2D eigenvalue weighted by Gasteiger charge is 2.22. The van der Waals surface area contributed by atoms with Gasteiger partial charge in [0.25, 0.3) is 0 Å². The SMILES string of the molecule is O=c1[nH]c2ccccc2n1C1CCN(I)CC1. The molecule has 5 heteroatoms. The van der Waals surface area contributed by atoms with E-state index in [-0.39, 0.29) is 5.69 Å². The summed E-state index contributed by atoms with van der Waals surface area (Å²) in [5.41, 5.74) is 2.00. The summed E-state index contributed by atoms with van der Waals surface area (Å²) in [5, 5.41) is 0. The number of aromatic amines is 1. The molecule has 3 rings (SSSR count). The van der Waals surface area contributed by atoms with Crippen molar-refractivity contribution in [3.63, 3.8) is 0 Å². The van der Waals surface area contributed by atoms with E-state index in [4.69, 9.17) is 0 Å². The Bertz CT molecular complexity index is 581. The van der Waals surface area contributed by atoms with Crippen LogP contribution in [0.25, 0.3) is 11.0 Å². The van der Waals surface area contributed by atoms with E-state index >= 15 is 0 Å². The molecule has 90 valence electrons. The number of nitrogens with zero attached hydrogens (tertiary/aromatic N) is 2. The Labute approximate surface area is 113 Å². The average Bonchev–Trinajstić information content (AvgIpc) is 2.66. The summed E-state index contributed by atoms with van der Waals surface area (Å²) in [4.78, 5) is 14.9. The molecule has 2 heterocycles. The number of halogens is 1. The highest BCUT2D eigenvalue weighted by molar-refractivity contribution is 14.1. The van der Waals surface area contributed by atoms with Crippen LogP contribution in [-0.2, 0) is 0 Å². The third kappa shape index (κ3) is 2.01. The van der Waals surface area contributed by atoms with Crippen LogP contribution in [0.3, 0.4) is 0 Å². The highest BCUT2D eigenvalue weighted by atomic mass is 127. The number of fused-ring (bicyclic) bond motifs is 1. The fraction of sp³-hybridized carbons (Fsp3) is 0.417. The number of para-hydroxylation sites is 2. The Hall–Kier alpha value is -0.820. The summed E-state index contributed by atoms with van der Waals surface area (Å²) in [7, 11) is 0. The normalized spacial score (nSPS) is 18.9. The second-order valence-electron chi connectivity index (χ2n) is 4.46. The van der Waals surface area contributed by atoms with Crippen LogP contribution in [0.2, 0.25) is 0 Å². The third-order valence-corrected chi connectivity index (χ3v) is 4.36. The van der Waals surface area contributed by atoms with Crippen molar-refractivity contribution in [3.05, 3.63) is 34.7 Å². The van der Waals surface area contributed by atoms with E-state index in [1.807, 2.05) is 28.8 Å². The first-order valence-corrected chi connectivity index (χ1v) is 6.82. The second kappa shape index (κ2) is 4.45. The number of aromatic nitrogens is 2. The van der Waals surface area contributed by atoms with Crippen molar-refractivity contribution in [2.45, 2.75) is 18.9 Å². The van der Waals surface area contributed by atoms with Gasteiger partial charge < -0.3 is 4.98 Å². The van der Waals surface area contributed by atoms with Gasteiger partial charge in [-0.1, -0.05) is 12.1 Å². The van der Waals surface area contributed by atoms with E-state index in [0.29, 0.717) is 6.04 Å². The molecule has 1 aliphatic heterocycles. The lowest BCUT2D eigenvalue weighted by Gasteiger charge is -2.28. The molecular formula is C12H14IN3O. The second-order valence-corrected chi connectivity index (χ2v) is 5.82. The number of hydrogen-bond acceptors (Lipinski definition) is 2. The number of hydrogen-bond donors (Lipinski definition) is 1. The summed E-state index contributed by atoms with van der Waals surface area (Å²) < 4.78 is 4.22. The van der Waals surface area contributed by atoms with Gasteiger partial charge in [-0.15, -0.1) is 0 Å². The van der Waals surface area contributed by atoms with Gasteiger partial charge in [0.05, 0.1) is 11.0 Å². The van der Waals surface area contributed by atoms with Gasteiger partial charge in [-0.25, -0.2) is 7.91 Å². The molecule has 1 N–H and O–H groups in total. The zero-order valence-electron chi connectivity index (χ0n) is 9.40. The predicted molar refractivity (Wildman–Crippen MR) is 76.4 cm³/mol. The molecule has 4 nitrogen and oxygen atoms in total. The van der Waals surface area contributed by atoms with Crippen molar-refractivity contribution >= 4 is 33.9 Å². The van der Waals surface area contributed by atoms with Gasteiger partial charge in [-0.3, -0.25) is 4.57 Å². The molecule has 1 aromatic carbocycles. The van der Waals surface area contributed by atoms with Crippen LogP contribution in [-0.4, -0.2) is 25.8 Å². The maximum absolute atomic E-state index is 12.0. The summed E-state index contributed by atoms with van der Waals surface area (Å²) >= 11 is 2.35. The van der Waals surface area contributed by atoms with Crippen molar-refractivity contribution in [3.8, 4) is 0 Å². The van der Waals surface area contributed by atoms with Crippen molar-refractivity contribution in [1.82, 2.24) is 12.7 Å². The van der Waals surface area contributed by atoms with Crippen molar-refractivity contribution in [1.29, 1.82) is 0 Å². The van der Waals surface area contributed by atoms with E-state index in [9.17, 15) is 4.79 Å². The first-order valence-electron chi connectivity index (χ1n) is 5.85. The first-order chi connectivity index (χ1) is 8.25. The van der Waals surface area contributed by atoms with Crippen LogP contribution in [0.5, 0.6) is 0 Å². The number of H-pyrrole nitrogens is 1. The van der Waals surface area contributed by atoms with Crippen molar-refractivity contribution < 1.29 is 0 Å². The Balaban J connectivity index is 2.05. The molecule has 0 bridgehead atoms. The van der Waals surface area contributed by atoms with Gasteiger partial charge >= 0.3 is 5.69 Å². The molecule has 2 aromatic rings. The molecule has 0 saturated carbocycles. The van der Waals surface area contributed by atoms with E-state index in [0.717, 1.165) is 37.0 Å². The standard InChI is InChI=1S/C12H14IN3O/c13-15-7-5-9(6-8-15)16-11-4-2-1-3-10(11)14-12(16)17/h1-4,9H,5-8H2,(H,14,17). The minimum atomic E-state index is 0.0260. The molecule has 0 unspecified atom stereocenters. The third-order valence-electron chi connectivity index (χ3n) is 3.40. The molecule has 0 spiro atoms. The molecule has 0 amide bonds. The number of rotatable bonds is 1. The maximum atomic E-state index is 12.0. The van der Waals surface area contributed by atoms with Crippen LogP contribution in [0.15, 0.2) is 29.1 Å². The molecule has 1 aliphatic rings. The van der Waals surface area contributed by atoms with Gasteiger partial charge in [-0.2, -0.15) is 0 Å². The summed E-state index contributed by atoms with van der Waals surface area (Å²) in [6, 6.07) is 8.25. The Morgan fingerprint density at radius 3 is 2.71 bits per heavy atom. The lowest BCUT2D eigenvalue weighted by molar-refractivity contribution is 0.307. The van der Waals surface area contributed by atoms with Crippen molar-refractivity contribution in [2.75, 3.05) is 13.1 Å². The largest absolute Gasteiger partial charge is 0.326 e. The Morgan fingerprint density at radius 2 is 1.94 bits per heavy atom. The van der Waals surface area contributed by atoms with E-state index < -0.39 is 0 Å². The smallest absolute Gasteiger partial charge is 0.306 e. The summed E-state index contributed by atoms with van der Waals surface area (Å²) in [5.74, 6) is 0.